The summed E-state index contributed by atoms with van der Waals surface area (Å²) in [5, 5.41) is 10.4. The molecule has 0 saturated heterocycles. The summed E-state index contributed by atoms with van der Waals surface area (Å²) in [6.07, 6.45) is -0.284. The van der Waals surface area contributed by atoms with Crippen LogP contribution < -0.4 is 4.74 Å². The van der Waals surface area contributed by atoms with Crippen molar-refractivity contribution in [3.8, 4) is 5.75 Å². The Balaban J connectivity index is 1.89. The van der Waals surface area contributed by atoms with Gasteiger partial charge >= 0.3 is 0 Å². The molecular weight excluding hydrogens is 268 g/mol. The van der Waals surface area contributed by atoms with Gasteiger partial charge in [0.2, 0.25) is 0 Å². The van der Waals surface area contributed by atoms with Gasteiger partial charge < -0.3 is 19.3 Å². The Morgan fingerprint density at radius 1 is 1.37 bits per heavy atom. The lowest BCUT2D eigenvalue weighted by molar-refractivity contribution is -0.167. The molecule has 1 N–H and O–H groups in total. The Labute approximate surface area is 118 Å². The topological polar surface area (TPSA) is 47.9 Å². The molecule has 4 nitrogen and oxygen atoms in total. The third-order valence-corrected chi connectivity index (χ3v) is 3.66. The van der Waals surface area contributed by atoms with E-state index in [2.05, 4.69) is 0 Å². The van der Waals surface area contributed by atoms with E-state index in [-0.39, 0.29) is 12.2 Å². The van der Waals surface area contributed by atoms with Crippen LogP contribution in [-0.2, 0) is 9.47 Å². The monoisotopic (exact) mass is 286 g/mol. The van der Waals surface area contributed by atoms with Gasteiger partial charge in [-0.1, -0.05) is 11.6 Å². The highest BCUT2D eigenvalue weighted by molar-refractivity contribution is 6.31. The van der Waals surface area contributed by atoms with Crippen LogP contribution in [0.15, 0.2) is 18.2 Å². The van der Waals surface area contributed by atoms with Gasteiger partial charge in [-0.3, -0.25) is 0 Å². The van der Waals surface area contributed by atoms with Gasteiger partial charge in [-0.15, -0.1) is 0 Å². The van der Waals surface area contributed by atoms with Crippen LogP contribution in [0.4, 0.5) is 0 Å². The van der Waals surface area contributed by atoms with Gasteiger partial charge in [-0.05, 0) is 30.7 Å². The van der Waals surface area contributed by atoms with E-state index in [1.807, 2.05) is 25.1 Å². The predicted octanol–water partition coefficient (Wildman–Crippen LogP) is 2.19. The number of aliphatic hydroxyl groups excluding tert-OH is 1. The van der Waals surface area contributed by atoms with Crippen LogP contribution in [-0.4, -0.2) is 43.7 Å². The fourth-order valence-corrected chi connectivity index (χ4v) is 2.14. The van der Waals surface area contributed by atoms with E-state index in [4.69, 9.17) is 25.8 Å². The number of hydrogen-bond donors (Lipinski definition) is 1. The van der Waals surface area contributed by atoms with Crippen LogP contribution in [0.3, 0.4) is 0 Å². The van der Waals surface area contributed by atoms with Gasteiger partial charge in [0.1, 0.15) is 18.0 Å². The summed E-state index contributed by atoms with van der Waals surface area (Å²) in [7, 11) is 1.62. The van der Waals surface area contributed by atoms with E-state index in [0.717, 1.165) is 11.3 Å². The Hall–Kier alpha value is -0.810. The number of halogens is 1. The maximum Gasteiger partial charge on any atom is 0.130 e. The van der Waals surface area contributed by atoms with Crippen molar-refractivity contribution in [1.82, 2.24) is 0 Å². The van der Waals surface area contributed by atoms with Crippen LogP contribution in [0.2, 0.25) is 5.02 Å². The largest absolute Gasteiger partial charge is 0.488 e. The molecule has 0 aliphatic heterocycles. The second kappa shape index (κ2) is 6.57. The van der Waals surface area contributed by atoms with Gasteiger partial charge in [0.05, 0.1) is 19.3 Å². The molecule has 0 spiro atoms. The van der Waals surface area contributed by atoms with Gasteiger partial charge in [-0.2, -0.15) is 0 Å². The summed E-state index contributed by atoms with van der Waals surface area (Å²) in [4.78, 5) is 0. The lowest BCUT2D eigenvalue weighted by atomic mass is 9.88. The zero-order valence-electron chi connectivity index (χ0n) is 11.1. The van der Waals surface area contributed by atoms with Crippen LogP contribution in [0.1, 0.15) is 12.0 Å². The number of ether oxygens (including phenoxy) is 3. The summed E-state index contributed by atoms with van der Waals surface area (Å²) < 4.78 is 16.3. The Kier molecular flexibility index (Phi) is 5.05. The first-order valence-electron chi connectivity index (χ1n) is 6.33. The lowest BCUT2D eigenvalue weighted by Crippen LogP contribution is -2.55. The second-order valence-corrected chi connectivity index (χ2v) is 5.11. The van der Waals surface area contributed by atoms with Gasteiger partial charge in [0.15, 0.2) is 0 Å². The molecule has 106 valence electrons. The first-order valence-corrected chi connectivity index (χ1v) is 6.71. The van der Waals surface area contributed by atoms with Crippen molar-refractivity contribution in [2.75, 3.05) is 20.3 Å². The van der Waals surface area contributed by atoms with Crippen molar-refractivity contribution in [3.63, 3.8) is 0 Å². The highest BCUT2D eigenvalue weighted by Crippen LogP contribution is 2.30. The Morgan fingerprint density at radius 3 is 2.79 bits per heavy atom. The number of hydrogen-bond acceptors (Lipinski definition) is 4. The molecule has 0 amide bonds. The Bertz CT molecular complexity index is 424. The van der Waals surface area contributed by atoms with Crippen LogP contribution in [0, 0.1) is 6.92 Å². The van der Waals surface area contributed by atoms with Crippen molar-refractivity contribution in [2.24, 2.45) is 0 Å². The average Bonchev–Trinajstić information content (AvgIpc) is 2.38. The number of aryl methyl sites for hydroxylation is 1. The van der Waals surface area contributed by atoms with Crippen molar-refractivity contribution >= 4 is 11.6 Å². The molecule has 1 saturated carbocycles. The molecule has 1 aromatic rings. The van der Waals surface area contributed by atoms with E-state index in [0.29, 0.717) is 24.7 Å². The summed E-state index contributed by atoms with van der Waals surface area (Å²) in [5.74, 6) is 0.749. The molecule has 0 aromatic heterocycles. The number of rotatable bonds is 6. The minimum absolute atomic E-state index is 0.118. The van der Waals surface area contributed by atoms with E-state index in [1.165, 1.54) is 0 Å². The highest BCUT2D eigenvalue weighted by atomic mass is 35.5. The summed E-state index contributed by atoms with van der Waals surface area (Å²) >= 11 is 5.97. The molecular formula is C14H19ClO4. The molecule has 1 aromatic carbocycles. The van der Waals surface area contributed by atoms with Crippen molar-refractivity contribution in [2.45, 2.75) is 31.7 Å². The lowest BCUT2D eigenvalue weighted by Gasteiger charge is -2.40. The zero-order valence-corrected chi connectivity index (χ0v) is 11.9. The fraction of sp³-hybridized carbons (Fsp3) is 0.571. The van der Waals surface area contributed by atoms with E-state index in [1.54, 1.807) is 7.11 Å². The van der Waals surface area contributed by atoms with Crippen molar-refractivity contribution in [1.29, 1.82) is 0 Å². The number of methoxy groups -OCH3 is 1. The maximum absolute atomic E-state index is 9.69. The van der Waals surface area contributed by atoms with E-state index >= 15 is 0 Å². The third-order valence-electron chi connectivity index (χ3n) is 3.23. The molecule has 1 aliphatic rings. The minimum atomic E-state index is -0.463. The summed E-state index contributed by atoms with van der Waals surface area (Å²) in [6, 6.07) is 5.52. The smallest absolute Gasteiger partial charge is 0.130 e. The van der Waals surface area contributed by atoms with Crippen molar-refractivity contribution in [3.05, 3.63) is 28.8 Å². The van der Waals surface area contributed by atoms with Crippen LogP contribution in [0.5, 0.6) is 5.75 Å². The standard InChI is InChI=1S/C14H19ClO4/c1-9-7-10(3-4-11(9)15)19-13-8-12(16)14(13)18-6-5-17-2/h3-4,7,12-14,16H,5-6,8H2,1-2H3. The predicted molar refractivity (Wildman–Crippen MR) is 72.8 cm³/mol. The molecule has 5 heteroatoms. The summed E-state index contributed by atoms with van der Waals surface area (Å²) in [5.41, 5.74) is 0.968. The molecule has 1 aliphatic carbocycles. The molecule has 1 fully saturated rings. The first kappa shape index (κ1) is 14.6. The number of aliphatic hydroxyl groups is 1. The quantitative estimate of drug-likeness (QED) is 0.815. The van der Waals surface area contributed by atoms with Crippen LogP contribution in [0.25, 0.3) is 0 Å². The van der Waals surface area contributed by atoms with Crippen molar-refractivity contribution < 1.29 is 19.3 Å². The van der Waals surface area contributed by atoms with E-state index < -0.39 is 6.10 Å². The van der Waals surface area contributed by atoms with Gasteiger partial charge in [-0.25, -0.2) is 0 Å². The number of benzene rings is 1. The van der Waals surface area contributed by atoms with E-state index in [9.17, 15) is 5.11 Å². The molecule has 0 heterocycles. The molecule has 0 bridgehead atoms. The SMILES string of the molecule is COCCOC1C(O)CC1Oc1ccc(Cl)c(C)c1. The molecule has 19 heavy (non-hydrogen) atoms. The molecule has 3 unspecified atom stereocenters. The minimum Gasteiger partial charge on any atom is -0.488 e. The fourth-order valence-electron chi connectivity index (χ4n) is 2.02. The second-order valence-electron chi connectivity index (χ2n) is 4.70. The highest BCUT2D eigenvalue weighted by Gasteiger charge is 2.42. The molecule has 0 radical (unpaired) electrons. The van der Waals surface area contributed by atoms with Gasteiger partial charge in [0, 0.05) is 18.6 Å². The molecule has 3 atom stereocenters. The normalized spacial score (nSPS) is 26.0. The third kappa shape index (κ3) is 3.60. The zero-order chi connectivity index (χ0) is 13.8. The molecule has 2 rings (SSSR count). The average molecular weight is 287 g/mol. The van der Waals surface area contributed by atoms with Crippen LogP contribution >= 0.6 is 11.6 Å². The summed E-state index contributed by atoms with van der Waals surface area (Å²) in [6.45, 7) is 2.89. The first-order chi connectivity index (χ1) is 9.11. The van der Waals surface area contributed by atoms with Gasteiger partial charge in [0.25, 0.3) is 0 Å². The Morgan fingerprint density at radius 2 is 2.16 bits per heavy atom. The maximum atomic E-state index is 9.69.